The van der Waals surface area contributed by atoms with E-state index in [1.165, 1.54) is 6.92 Å². The predicted molar refractivity (Wildman–Crippen MR) is 54.4 cm³/mol. The van der Waals surface area contributed by atoms with Crippen LogP contribution in [0.15, 0.2) is 11.3 Å². The maximum absolute atomic E-state index is 12.7. The molecule has 110 valence electrons. The highest BCUT2D eigenvalue weighted by molar-refractivity contribution is 6.20. The van der Waals surface area contributed by atoms with Gasteiger partial charge in [0, 0.05) is 14.1 Å². The van der Waals surface area contributed by atoms with Crippen LogP contribution in [0, 0.1) is 0 Å². The zero-order valence-electron chi connectivity index (χ0n) is 10.3. The lowest BCUT2D eigenvalue weighted by Crippen LogP contribution is -2.34. The van der Waals surface area contributed by atoms with E-state index in [4.69, 9.17) is 0 Å². The molecule has 0 saturated carbocycles. The van der Waals surface area contributed by atoms with Crippen LogP contribution in [0.4, 0.5) is 22.0 Å². The van der Waals surface area contributed by atoms with E-state index in [0.29, 0.717) is 4.90 Å². The molecule has 0 aliphatic rings. The van der Waals surface area contributed by atoms with E-state index >= 15 is 0 Å². The van der Waals surface area contributed by atoms with Crippen LogP contribution >= 0.6 is 0 Å². The van der Waals surface area contributed by atoms with Gasteiger partial charge in [-0.15, -0.1) is 0 Å². The fourth-order valence-corrected chi connectivity index (χ4v) is 1.19. The Morgan fingerprint density at radius 3 is 1.95 bits per heavy atom. The molecule has 0 aromatic heterocycles. The average molecular weight is 289 g/mol. The van der Waals surface area contributed by atoms with Gasteiger partial charge in [0.05, 0.1) is 12.3 Å². The van der Waals surface area contributed by atoms with Crippen molar-refractivity contribution in [2.45, 2.75) is 19.5 Å². The highest BCUT2D eigenvalue weighted by Crippen LogP contribution is 2.26. The molecule has 0 rings (SSSR count). The first-order chi connectivity index (χ1) is 8.53. The molecule has 0 saturated heterocycles. The Bertz CT molecular complexity index is 377. The van der Waals surface area contributed by atoms with Crippen molar-refractivity contribution in [1.29, 1.82) is 0 Å². The van der Waals surface area contributed by atoms with Gasteiger partial charge in [0.15, 0.2) is 0 Å². The maximum atomic E-state index is 12.7. The van der Waals surface area contributed by atoms with Crippen molar-refractivity contribution in [3.8, 4) is 0 Å². The van der Waals surface area contributed by atoms with Gasteiger partial charge in [-0.1, -0.05) is 0 Å². The third-order valence-electron chi connectivity index (χ3n) is 1.91. The third-order valence-corrected chi connectivity index (χ3v) is 1.91. The highest BCUT2D eigenvalue weighted by Gasteiger charge is 2.46. The average Bonchev–Trinajstić information content (AvgIpc) is 2.22. The molecule has 0 aliphatic carbocycles. The first kappa shape index (κ1) is 17.3. The summed E-state index contributed by atoms with van der Waals surface area (Å²) in [6, 6.07) is 0. The molecule has 0 unspecified atom stereocenters. The molecule has 4 nitrogen and oxygen atoms in total. The number of ketones is 1. The van der Waals surface area contributed by atoms with Crippen LogP contribution in [0.3, 0.4) is 0 Å². The van der Waals surface area contributed by atoms with Crippen molar-refractivity contribution < 1.29 is 36.3 Å². The number of esters is 1. The minimum atomic E-state index is -5.45. The molecule has 19 heavy (non-hydrogen) atoms. The molecule has 9 heteroatoms. The normalized spacial score (nSPS) is 13.1. The van der Waals surface area contributed by atoms with Gasteiger partial charge >= 0.3 is 12.1 Å². The molecular weight excluding hydrogens is 277 g/mol. The van der Waals surface area contributed by atoms with Gasteiger partial charge in [-0.3, -0.25) is 4.79 Å². The lowest BCUT2D eigenvalue weighted by Gasteiger charge is -2.20. The molecular formula is C10H12F5NO3. The highest BCUT2D eigenvalue weighted by atomic mass is 19.4. The first-order valence-corrected chi connectivity index (χ1v) is 5.02. The minimum absolute atomic E-state index is 0.350. The Morgan fingerprint density at radius 1 is 1.21 bits per heavy atom. The van der Waals surface area contributed by atoms with Crippen LogP contribution in [0.2, 0.25) is 0 Å². The largest absolute Gasteiger partial charge is 0.462 e. The van der Waals surface area contributed by atoms with Crippen LogP contribution < -0.4 is 0 Å². The summed E-state index contributed by atoms with van der Waals surface area (Å²) in [5.41, 5.74) is -3.03. The van der Waals surface area contributed by atoms with Gasteiger partial charge in [0.25, 0.3) is 12.2 Å². The first-order valence-electron chi connectivity index (χ1n) is 5.02. The maximum Gasteiger partial charge on any atom is 0.455 e. The molecule has 0 aliphatic heterocycles. The summed E-state index contributed by atoms with van der Waals surface area (Å²) in [6.45, 7) is 0.919. The zero-order valence-corrected chi connectivity index (χ0v) is 10.3. The van der Waals surface area contributed by atoms with Crippen LogP contribution in [0.1, 0.15) is 6.92 Å². The second kappa shape index (κ2) is 6.48. The summed E-state index contributed by atoms with van der Waals surface area (Å²) < 4.78 is 66.7. The SMILES string of the molecule is CCOC(=O)/C(C(=O)C(F)(F)F)=C(/C(F)F)N(C)C. The number of carbonyl (C=O) groups is 2. The smallest absolute Gasteiger partial charge is 0.455 e. The number of carbonyl (C=O) groups excluding carboxylic acids is 2. The van der Waals surface area contributed by atoms with Gasteiger partial charge in [0.2, 0.25) is 0 Å². The number of alkyl halides is 5. The van der Waals surface area contributed by atoms with Crippen molar-refractivity contribution in [3.05, 3.63) is 11.3 Å². The molecule has 0 amide bonds. The fourth-order valence-electron chi connectivity index (χ4n) is 1.19. The summed E-state index contributed by atoms with van der Waals surface area (Å²) >= 11 is 0. The number of ether oxygens (including phenoxy) is 1. The fraction of sp³-hybridized carbons (Fsp3) is 0.600. The Kier molecular flexibility index (Phi) is 5.91. The van der Waals surface area contributed by atoms with Gasteiger partial charge in [-0.2, -0.15) is 13.2 Å². The van der Waals surface area contributed by atoms with E-state index in [-0.39, 0.29) is 6.61 Å². The monoisotopic (exact) mass is 289 g/mol. The van der Waals surface area contributed by atoms with Crippen LogP contribution in [0.5, 0.6) is 0 Å². The summed E-state index contributed by atoms with van der Waals surface area (Å²) in [5.74, 6) is -4.39. The van der Waals surface area contributed by atoms with Crippen molar-refractivity contribution in [2.75, 3.05) is 20.7 Å². The molecule has 0 radical (unpaired) electrons. The van der Waals surface area contributed by atoms with Gasteiger partial charge in [0.1, 0.15) is 5.57 Å². The molecule has 0 bridgehead atoms. The van der Waals surface area contributed by atoms with Crippen molar-refractivity contribution >= 4 is 11.8 Å². The molecule has 0 spiro atoms. The third kappa shape index (κ3) is 4.49. The van der Waals surface area contributed by atoms with Crippen molar-refractivity contribution in [3.63, 3.8) is 0 Å². The number of hydrogen-bond donors (Lipinski definition) is 0. The second-order valence-electron chi connectivity index (χ2n) is 3.50. The Hall–Kier alpha value is -1.67. The molecule has 0 atom stereocenters. The number of nitrogens with zero attached hydrogens (tertiary/aromatic N) is 1. The summed E-state index contributed by atoms with van der Waals surface area (Å²) in [4.78, 5) is 23.0. The van der Waals surface area contributed by atoms with E-state index in [0.717, 1.165) is 14.1 Å². The molecule has 0 aromatic carbocycles. The summed E-state index contributed by atoms with van der Waals surface area (Å²) in [6.07, 6.45) is -8.88. The summed E-state index contributed by atoms with van der Waals surface area (Å²) in [7, 11) is 1.98. The second-order valence-corrected chi connectivity index (χ2v) is 3.50. The Morgan fingerprint density at radius 2 is 1.68 bits per heavy atom. The molecule has 0 fully saturated rings. The van der Waals surface area contributed by atoms with Crippen LogP contribution in [0.25, 0.3) is 0 Å². The van der Waals surface area contributed by atoms with Crippen molar-refractivity contribution in [1.82, 2.24) is 4.90 Å². The Labute approximate surface area is 105 Å². The number of halogens is 5. The van der Waals surface area contributed by atoms with Gasteiger partial charge in [-0.05, 0) is 6.92 Å². The van der Waals surface area contributed by atoms with E-state index in [2.05, 4.69) is 4.74 Å². The van der Waals surface area contributed by atoms with E-state index in [1.807, 2.05) is 0 Å². The number of allylic oxidation sites excluding steroid dienone is 1. The van der Waals surface area contributed by atoms with E-state index in [9.17, 15) is 31.5 Å². The van der Waals surface area contributed by atoms with Crippen LogP contribution in [-0.2, 0) is 14.3 Å². The quantitative estimate of drug-likeness (QED) is 0.254. The topological polar surface area (TPSA) is 46.6 Å². The van der Waals surface area contributed by atoms with Crippen LogP contribution in [-0.4, -0.2) is 50.0 Å². The van der Waals surface area contributed by atoms with E-state index < -0.39 is 35.6 Å². The molecule has 0 N–H and O–H groups in total. The Balaban J connectivity index is 5.95. The molecule has 0 heterocycles. The van der Waals surface area contributed by atoms with Gasteiger partial charge in [-0.25, -0.2) is 13.6 Å². The number of hydrogen-bond acceptors (Lipinski definition) is 4. The number of rotatable bonds is 5. The van der Waals surface area contributed by atoms with E-state index in [1.54, 1.807) is 0 Å². The van der Waals surface area contributed by atoms with Gasteiger partial charge < -0.3 is 9.64 Å². The standard InChI is InChI=1S/C10H12F5NO3/c1-4-19-9(18)5(7(17)10(13,14)15)6(8(11)12)16(2)3/h8H,4H2,1-3H3/b6-5-. The summed E-state index contributed by atoms with van der Waals surface area (Å²) in [5, 5.41) is 0. The van der Waals surface area contributed by atoms with Crippen molar-refractivity contribution in [2.24, 2.45) is 0 Å². The predicted octanol–water partition coefficient (Wildman–Crippen LogP) is 1.76. The lowest BCUT2D eigenvalue weighted by molar-refractivity contribution is -0.169. The minimum Gasteiger partial charge on any atom is -0.462 e. The lowest BCUT2D eigenvalue weighted by atomic mass is 10.1. The zero-order chi connectivity index (χ0) is 15.4. The molecule has 0 aromatic rings. The number of Topliss-reactive ketones (excluding diaryl/α,β-unsaturated/α-hetero) is 1.